The van der Waals surface area contributed by atoms with Gasteiger partial charge in [-0.3, -0.25) is 9.59 Å². The van der Waals surface area contributed by atoms with Crippen molar-refractivity contribution in [3.8, 4) is 5.75 Å². The fourth-order valence-electron chi connectivity index (χ4n) is 5.34. The van der Waals surface area contributed by atoms with E-state index >= 15 is 0 Å². The fraction of sp³-hybridized carbons (Fsp3) is 0.652. The summed E-state index contributed by atoms with van der Waals surface area (Å²) in [6, 6.07) is 7.89. The Morgan fingerprint density at radius 2 is 1.80 bits per heavy atom. The van der Waals surface area contributed by atoms with Crippen LogP contribution in [0, 0.1) is 11.3 Å². The molecule has 1 aromatic rings. The number of methoxy groups -OCH3 is 1. The number of piperazine rings is 1. The van der Waals surface area contributed by atoms with Crippen LogP contribution in [0.25, 0.3) is 0 Å². The van der Waals surface area contributed by atoms with Crippen molar-refractivity contribution in [1.82, 2.24) is 15.1 Å². The molecule has 6 nitrogen and oxygen atoms in total. The van der Waals surface area contributed by atoms with Gasteiger partial charge in [0.25, 0.3) is 0 Å². The molecule has 0 unspecified atom stereocenters. The Kier molecular flexibility index (Phi) is 7.64. The number of rotatable bonds is 5. The molecule has 3 fully saturated rings. The first kappa shape index (κ1) is 22.9. The standard InChI is InChI=1S/C23H33N3O3.ClH/c1-29-20-8-5-18(6-9-20)7-10-21(27)25-12-14-26(15-13-25)22(28)23-11-3-2-4-19(23)16-24-17-23;/h5-6,8-9,19,24H,2-4,7,10-17H2,1H3;1H/t19-,23+;/m0./s1. The van der Waals surface area contributed by atoms with Crippen LogP contribution in [-0.4, -0.2) is 68.0 Å². The van der Waals surface area contributed by atoms with Gasteiger partial charge in [-0.2, -0.15) is 0 Å². The molecular weight excluding hydrogens is 402 g/mol. The number of halogens is 1. The van der Waals surface area contributed by atoms with Crippen LogP contribution >= 0.6 is 12.4 Å². The van der Waals surface area contributed by atoms with Gasteiger partial charge in [0, 0.05) is 39.1 Å². The molecule has 0 bridgehead atoms. The summed E-state index contributed by atoms with van der Waals surface area (Å²) in [6.07, 6.45) is 5.84. The number of nitrogens with one attached hydrogen (secondary N) is 1. The first-order valence-electron chi connectivity index (χ1n) is 11.0. The average molecular weight is 436 g/mol. The van der Waals surface area contributed by atoms with E-state index in [1.807, 2.05) is 34.1 Å². The second-order valence-electron chi connectivity index (χ2n) is 8.75. The third-order valence-electron chi connectivity index (χ3n) is 7.17. The topological polar surface area (TPSA) is 61.9 Å². The maximum Gasteiger partial charge on any atom is 0.230 e. The molecule has 3 aliphatic rings. The lowest BCUT2D eigenvalue weighted by atomic mass is 9.67. The smallest absolute Gasteiger partial charge is 0.230 e. The van der Waals surface area contributed by atoms with Gasteiger partial charge < -0.3 is 19.9 Å². The highest BCUT2D eigenvalue weighted by Gasteiger charge is 2.51. The van der Waals surface area contributed by atoms with Crippen LogP contribution < -0.4 is 10.1 Å². The van der Waals surface area contributed by atoms with Crippen LogP contribution in [0.15, 0.2) is 24.3 Å². The predicted octanol–water partition coefficient (Wildman–Crippen LogP) is 2.50. The first-order valence-corrected chi connectivity index (χ1v) is 11.0. The zero-order valence-corrected chi connectivity index (χ0v) is 18.7. The Balaban J connectivity index is 0.00000256. The highest BCUT2D eigenvalue weighted by Crippen LogP contribution is 2.45. The quantitative estimate of drug-likeness (QED) is 0.771. The van der Waals surface area contributed by atoms with Gasteiger partial charge in [0.1, 0.15) is 5.75 Å². The van der Waals surface area contributed by atoms with E-state index in [9.17, 15) is 9.59 Å². The maximum atomic E-state index is 13.4. The lowest BCUT2D eigenvalue weighted by molar-refractivity contribution is -0.149. The molecule has 0 radical (unpaired) electrons. The predicted molar refractivity (Wildman–Crippen MR) is 119 cm³/mol. The SMILES string of the molecule is COc1ccc(CCC(=O)N2CCN(C(=O)[C@@]34CCCC[C@H]3CNC4)CC2)cc1.Cl. The molecule has 2 atom stereocenters. The number of fused-ring (bicyclic) bond motifs is 1. The zero-order chi connectivity index (χ0) is 20.3. The number of hydrogen-bond donors (Lipinski definition) is 1. The van der Waals surface area contributed by atoms with Crippen molar-refractivity contribution in [2.45, 2.75) is 38.5 Å². The molecule has 2 aliphatic heterocycles. The number of carbonyl (C=O) groups excluding carboxylic acids is 2. The summed E-state index contributed by atoms with van der Waals surface area (Å²) in [7, 11) is 1.65. The van der Waals surface area contributed by atoms with Crippen LogP contribution in [0.3, 0.4) is 0 Å². The maximum absolute atomic E-state index is 13.4. The third-order valence-corrected chi connectivity index (χ3v) is 7.17. The molecule has 1 saturated carbocycles. The molecule has 0 aromatic heterocycles. The van der Waals surface area contributed by atoms with Gasteiger partial charge in [-0.15, -0.1) is 12.4 Å². The normalized spacial score (nSPS) is 26.0. The van der Waals surface area contributed by atoms with Crippen molar-refractivity contribution in [1.29, 1.82) is 0 Å². The molecule has 2 amide bonds. The average Bonchev–Trinajstić information content (AvgIpc) is 3.22. The summed E-state index contributed by atoms with van der Waals surface area (Å²) in [4.78, 5) is 30.0. The summed E-state index contributed by atoms with van der Waals surface area (Å²) >= 11 is 0. The molecular formula is C23H34ClN3O3. The highest BCUT2D eigenvalue weighted by atomic mass is 35.5. The van der Waals surface area contributed by atoms with Crippen LogP contribution in [0.4, 0.5) is 0 Å². The molecule has 30 heavy (non-hydrogen) atoms. The minimum atomic E-state index is -0.182. The summed E-state index contributed by atoms with van der Waals surface area (Å²) in [6.45, 7) is 4.46. The number of nitrogens with zero attached hydrogens (tertiary/aromatic N) is 2. The van der Waals surface area contributed by atoms with Crippen LogP contribution in [-0.2, 0) is 16.0 Å². The number of carbonyl (C=O) groups is 2. The molecule has 2 heterocycles. The number of ether oxygens (including phenoxy) is 1. The summed E-state index contributed by atoms with van der Waals surface area (Å²) in [5.41, 5.74) is 0.961. The van der Waals surface area contributed by atoms with E-state index in [2.05, 4.69) is 5.32 Å². The minimum Gasteiger partial charge on any atom is -0.497 e. The van der Waals surface area contributed by atoms with Gasteiger partial charge in [0.05, 0.1) is 12.5 Å². The number of hydrogen-bond acceptors (Lipinski definition) is 4. The third kappa shape index (κ3) is 4.59. The Morgan fingerprint density at radius 1 is 1.10 bits per heavy atom. The van der Waals surface area contributed by atoms with E-state index in [1.165, 1.54) is 12.8 Å². The first-order chi connectivity index (χ1) is 14.1. The van der Waals surface area contributed by atoms with Gasteiger partial charge in [-0.25, -0.2) is 0 Å². The van der Waals surface area contributed by atoms with Gasteiger partial charge >= 0.3 is 0 Å². The van der Waals surface area contributed by atoms with Gasteiger partial charge in [0.15, 0.2) is 0 Å². The van der Waals surface area contributed by atoms with Crippen molar-refractivity contribution in [2.24, 2.45) is 11.3 Å². The molecule has 1 aliphatic carbocycles. The number of benzene rings is 1. The van der Waals surface area contributed by atoms with Crippen molar-refractivity contribution < 1.29 is 14.3 Å². The van der Waals surface area contributed by atoms with Crippen molar-refractivity contribution in [2.75, 3.05) is 46.4 Å². The van der Waals surface area contributed by atoms with Crippen molar-refractivity contribution in [3.63, 3.8) is 0 Å². The molecule has 1 N–H and O–H groups in total. The Morgan fingerprint density at radius 3 is 2.50 bits per heavy atom. The number of aryl methyl sites for hydroxylation is 1. The van der Waals surface area contributed by atoms with E-state index in [4.69, 9.17) is 4.74 Å². The fourth-order valence-corrected chi connectivity index (χ4v) is 5.34. The van der Waals surface area contributed by atoms with Crippen LogP contribution in [0.1, 0.15) is 37.7 Å². The molecule has 7 heteroatoms. The summed E-state index contributed by atoms with van der Waals surface area (Å²) < 4.78 is 5.18. The van der Waals surface area contributed by atoms with E-state index < -0.39 is 0 Å². The molecule has 2 saturated heterocycles. The Bertz CT molecular complexity index is 734. The summed E-state index contributed by atoms with van der Waals surface area (Å²) in [5.74, 6) is 1.84. The lowest BCUT2D eigenvalue weighted by Gasteiger charge is -2.43. The second kappa shape index (κ2) is 10.0. The summed E-state index contributed by atoms with van der Waals surface area (Å²) in [5, 5.41) is 3.47. The molecule has 0 spiro atoms. The van der Waals surface area contributed by atoms with E-state index in [0.29, 0.717) is 44.4 Å². The van der Waals surface area contributed by atoms with Gasteiger partial charge in [-0.05, 0) is 49.4 Å². The second-order valence-corrected chi connectivity index (χ2v) is 8.75. The Labute approximate surface area is 185 Å². The Hall–Kier alpha value is -1.79. The van der Waals surface area contributed by atoms with Gasteiger partial charge in [0.2, 0.25) is 11.8 Å². The molecule has 4 rings (SSSR count). The van der Waals surface area contributed by atoms with E-state index in [1.54, 1.807) is 7.11 Å². The monoisotopic (exact) mass is 435 g/mol. The molecule has 166 valence electrons. The van der Waals surface area contributed by atoms with E-state index in [0.717, 1.165) is 43.7 Å². The minimum absolute atomic E-state index is 0. The van der Waals surface area contributed by atoms with Crippen molar-refractivity contribution in [3.05, 3.63) is 29.8 Å². The largest absolute Gasteiger partial charge is 0.497 e. The van der Waals surface area contributed by atoms with Crippen molar-refractivity contribution >= 4 is 24.2 Å². The number of amides is 2. The highest BCUT2D eigenvalue weighted by molar-refractivity contribution is 5.85. The molecule has 1 aromatic carbocycles. The van der Waals surface area contributed by atoms with Crippen LogP contribution in [0.2, 0.25) is 0 Å². The zero-order valence-electron chi connectivity index (χ0n) is 17.9. The van der Waals surface area contributed by atoms with Crippen LogP contribution in [0.5, 0.6) is 5.75 Å². The van der Waals surface area contributed by atoms with Gasteiger partial charge in [-0.1, -0.05) is 25.0 Å². The van der Waals surface area contributed by atoms with E-state index in [-0.39, 0.29) is 23.7 Å². The lowest BCUT2D eigenvalue weighted by Crippen LogP contribution is -2.56.